The Labute approximate surface area is 725 Å². The van der Waals surface area contributed by atoms with Crippen LogP contribution >= 0.6 is 23.2 Å². The molecule has 0 heterocycles. The number of hydrogen-bond acceptors (Lipinski definition) is 14. The summed E-state index contributed by atoms with van der Waals surface area (Å²) in [5.41, 5.74) is 0.143. The molecule has 0 aromatic heterocycles. The first-order valence-electron chi connectivity index (χ1n) is 43.3. The average molecular weight is 1740 g/mol. The van der Waals surface area contributed by atoms with Gasteiger partial charge >= 0.3 is 0 Å². The summed E-state index contributed by atoms with van der Waals surface area (Å²) in [6.07, 6.45) is 61.7. The van der Waals surface area contributed by atoms with Gasteiger partial charge in [0.2, 0.25) is 0 Å². The summed E-state index contributed by atoms with van der Waals surface area (Å²) in [4.78, 5) is 101. The maximum atomic E-state index is 11.8. The Hall–Kier alpha value is -5.17. The van der Waals surface area contributed by atoms with Crippen LogP contribution in [0, 0.1) is 48.3 Å². The first kappa shape index (κ1) is 121. The minimum atomic E-state index is -0.437. The van der Waals surface area contributed by atoms with Gasteiger partial charge in [-0.05, 0) is 133 Å². The number of aldehydes is 4. The molecule has 0 saturated heterocycles. The van der Waals surface area contributed by atoms with Crippen molar-refractivity contribution in [1.82, 2.24) is 0 Å². The van der Waals surface area contributed by atoms with E-state index in [0.29, 0.717) is 60.7 Å². The fraction of sp³-hybridized carbons (Fsp3) is 0.694. The van der Waals surface area contributed by atoms with Crippen molar-refractivity contribution in [2.45, 2.75) is 414 Å². The van der Waals surface area contributed by atoms with Crippen LogP contribution in [-0.2, 0) is 60.4 Å². The minimum Gasteiger partial charge on any atom is -0.507 e. The van der Waals surface area contributed by atoms with Crippen molar-refractivity contribution in [3.05, 3.63) is 93.4 Å². The summed E-state index contributed by atoms with van der Waals surface area (Å²) in [6, 6.07) is 0. The van der Waals surface area contributed by atoms with E-state index in [2.05, 4.69) is 20.8 Å². The molecule has 115 heavy (non-hydrogen) atoms. The van der Waals surface area contributed by atoms with E-state index in [4.69, 9.17) is 23.2 Å². The Morgan fingerprint density at radius 1 is 0.357 bits per heavy atom. The van der Waals surface area contributed by atoms with Crippen LogP contribution in [-0.4, -0.2) is 85.7 Å². The number of phenolic OH excluding ortho intramolecular Hbond substituents is 4. The molecule has 1 atom stereocenters. The van der Waals surface area contributed by atoms with E-state index < -0.39 is 6.10 Å². The summed E-state index contributed by atoms with van der Waals surface area (Å²) in [5.74, 6) is 0.290. The number of aliphatic hydroxyl groups excluding tert-OH is 1. The SMILES string of the molecule is CC(C)(C)C(=O)/C=C/CCCCCCC=O.CCCCCCCC/C=C/C(=O)C(C)(C)C.CCCCCCCCC(O)CC(=O)C(C)(C)C.CCCCCCCCC=O.Cc1c(Cl)c(O)c(/C=C/CCCCC/C=C/C(=O)C(C)(C)C)c(O)c1C=O.Cc1c(Cl)c(O)c(CCCCCCCCCC(=O)C(C)(C)C)c(O)c1C=O.[CH3-].[Pd]. The van der Waals surface area contributed by atoms with Crippen LogP contribution in [0.3, 0.4) is 0 Å². The van der Waals surface area contributed by atoms with Crippen LogP contribution in [0.5, 0.6) is 23.0 Å². The number of aliphatic hydroxyl groups is 1. The Balaban J connectivity index is -0.000000318. The molecule has 5 N–H and O–H groups in total. The molecule has 0 aliphatic rings. The Kier molecular flexibility index (Phi) is 75.3. The number of unbranched alkanes of at least 4 members (excludes halogenated alkanes) is 32. The molecular formula is C98H165Cl2O14Pd-. The number of carbonyl (C=O) groups excluding carboxylic acids is 9. The Bertz CT molecular complexity index is 3090. The standard InChI is InChI=1S/C22H33ClO4.C22H29ClO4.C15H30O2.C15H28O.C14H24O2.C9H18O.CH3.Pd/c2*1-15-17(14-24)20(26)16(21(27)19(15)23)12-10-8-6-5-7-9-11-13-18(25)22(2,3)4;1-5-6-7-8-9-10-11-13(16)12-14(17)15(2,3)4;1-5-6-7-8-9-10-11-12-13-14(16)15(2,3)4;1-14(2,3)13(16)11-9-7-5-4-6-8-10-12-15;1-2-3-4-5-6-7-8-9-10;;/h14,26-27H,5-13H2,1-4H3;10-14,26-27H,5-9H2,1-4H3;13,16H,5-12H2,1-4H3;12-13H,5-11H2,1-4H3;9,11-12H,4-8,10H2,1-3H3;9H,2-8H2,1H3;1H3;/q;;;;;;-1;/b;12-10+,13-11+;;13-12+;11-9+;;;. The second-order valence-electron chi connectivity index (χ2n) is 35.5. The van der Waals surface area contributed by atoms with Gasteiger partial charge in [-0.15, -0.1) is 0 Å². The smallest absolute Gasteiger partial charge is 0.160 e. The molecule has 0 aliphatic carbocycles. The molecule has 0 bridgehead atoms. The summed E-state index contributed by atoms with van der Waals surface area (Å²) in [5, 5.41) is 50.5. The second kappa shape index (κ2) is 71.7. The van der Waals surface area contributed by atoms with Gasteiger partial charge in [-0.1, -0.05) is 332 Å². The van der Waals surface area contributed by atoms with Crippen molar-refractivity contribution >= 4 is 83.3 Å². The zero-order valence-corrected chi connectivity index (χ0v) is 79.3. The normalized spacial score (nSPS) is 11.8. The van der Waals surface area contributed by atoms with E-state index in [1.165, 1.54) is 103 Å². The number of rotatable bonds is 52. The van der Waals surface area contributed by atoms with Gasteiger partial charge in [0.05, 0.1) is 32.8 Å². The fourth-order valence-electron chi connectivity index (χ4n) is 11.2. The zero-order valence-electron chi connectivity index (χ0n) is 76.2. The third kappa shape index (κ3) is 63.5. The van der Waals surface area contributed by atoms with Gasteiger partial charge in [0, 0.05) is 78.7 Å². The van der Waals surface area contributed by atoms with Gasteiger partial charge in [0.25, 0.3) is 0 Å². The van der Waals surface area contributed by atoms with Gasteiger partial charge in [-0.2, -0.15) is 0 Å². The predicted octanol–water partition coefficient (Wildman–Crippen LogP) is 28.3. The minimum absolute atomic E-state index is 0. The molecule has 666 valence electrons. The van der Waals surface area contributed by atoms with Gasteiger partial charge in [0.1, 0.15) is 47.1 Å². The number of Topliss-reactive ketones (excluding diaryl/α,β-unsaturated/α-hetero) is 2. The second-order valence-corrected chi connectivity index (χ2v) is 36.2. The molecule has 2 aromatic rings. The molecule has 0 fully saturated rings. The molecule has 0 spiro atoms. The first-order chi connectivity index (χ1) is 53.0. The van der Waals surface area contributed by atoms with Crippen molar-refractivity contribution in [1.29, 1.82) is 0 Å². The topological polar surface area (TPSA) is 255 Å². The molecule has 0 aliphatic heterocycles. The third-order valence-electron chi connectivity index (χ3n) is 19.4. The number of ketones is 5. The van der Waals surface area contributed by atoms with E-state index >= 15 is 0 Å². The molecule has 0 amide bonds. The van der Waals surface area contributed by atoms with E-state index in [1.54, 1.807) is 38.2 Å². The number of hydrogen-bond donors (Lipinski definition) is 5. The van der Waals surface area contributed by atoms with E-state index in [0.717, 1.165) is 154 Å². The monoisotopic (exact) mass is 1740 g/mol. The molecular weight excluding hydrogens is 1580 g/mol. The molecule has 2 rings (SSSR count). The molecule has 1 unspecified atom stereocenters. The quantitative estimate of drug-likeness (QED) is 0.0136. The van der Waals surface area contributed by atoms with Crippen LogP contribution < -0.4 is 0 Å². The summed E-state index contributed by atoms with van der Waals surface area (Å²) in [6.45, 7) is 38.8. The number of allylic oxidation sites excluding steroid dienone is 7. The predicted molar refractivity (Wildman–Crippen MR) is 483 cm³/mol. The van der Waals surface area contributed by atoms with Crippen molar-refractivity contribution in [2.75, 3.05) is 0 Å². The summed E-state index contributed by atoms with van der Waals surface area (Å²) < 4.78 is 0. The Morgan fingerprint density at radius 2 is 0.652 bits per heavy atom. The van der Waals surface area contributed by atoms with Crippen molar-refractivity contribution in [2.24, 2.45) is 27.1 Å². The maximum absolute atomic E-state index is 11.8. The molecule has 17 heteroatoms. The van der Waals surface area contributed by atoms with Crippen LogP contribution in [0.2, 0.25) is 10.0 Å². The van der Waals surface area contributed by atoms with Crippen LogP contribution in [0.4, 0.5) is 0 Å². The Morgan fingerprint density at radius 3 is 0.991 bits per heavy atom. The molecule has 2 aromatic carbocycles. The van der Waals surface area contributed by atoms with Gasteiger partial charge in [-0.25, -0.2) is 0 Å². The summed E-state index contributed by atoms with van der Waals surface area (Å²) >= 11 is 12.1. The number of phenols is 4. The van der Waals surface area contributed by atoms with Crippen LogP contribution in [0.15, 0.2) is 42.5 Å². The number of carbonyl (C=O) groups is 9. The first-order valence-corrected chi connectivity index (χ1v) is 44.0. The zero-order chi connectivity index (χ0) is 87.1. The average Bonchev–Trinajstić information content (AvgIpc) is 0.800. The van der Waals surface area contributed by atoms with Gasteiger partial charge in [-0.3, -0.25) is 33.6 Å². The van der Waals surface area contributed by atoms with Gasteiger partial charge in [0.15, 0.2) is 29.9 Å². The number of benzene rings is 2. The summed E-state index contributed by atoms with van der Waals surface area (Å²) in [7, 11) is 0. The van der Waals surface area contributed by atoms with Crippen molar-refractivity contribution in [3.8, 4) is 23.0 Å². The molecule has 0 saturated carbocycles. The van der Waals surface area contributed by atoms with E-state index in [9.17, 15) is 68.7 Å². The van der Waals surface area contributed by atoms with Crippen molar-refractivity contribution < 1.29 is 89.1 Å². The van der Waals surface area contributed by atoms with E-state index in [-0.39, 0.29) is 128 Å². The number of aromatic hydroxyl groups is 4. The molecule has 14 nitrogen and oxygen atoms in total. The van der Waals surface area contributed by atoms with Gasteiger partial charge < -0.3 is 42.5 Å². The molecule has 0 radical (unpaired) electrons. The van der Waals surface area contributed by atoms with Crippen molar-refractivity contribution in [3.63, 3.8) is 0 Å². The maximum Gasteiger partial charge on any atom is 0.160 e. The van der Waals surface area contributed by atoms with Crippen LogP contribution in [0.25, 0.3) is 6.08 Å². The van der Waals surface area contributed by atoms with E-state index in [1.807, 2.05) is 128 Å². The number of halogens is 2. The van der Waals surface area contributed by atoms with Crippen LogP contribution in [0.1, 0.15) is 431 Å². The third-order valence-corrected chi connectivity index (χ3v) is 20.3. The fourth-order valence-corrected chi connectivity index (χ4v) is 11.6. The largest absolute Gasteiger partial charge is 0.507 e.